The zero-order valence-electron chi connectivity index (χ0n) is 13.0. The highest BCUT2D eigenvalue weighted by atomic mass is 32.2. The van der Waals surface area contributed by atoms with Crippen molar-refractivity contribution in [3.05, 3.63) is 66.2 Å². The molecule has 2 rings (SSSR count). The molecular formula is C19H25NS. The van der Waals surface area contributed by atoms with Crippen LogP contribution >= 0.6 is 11.8 Å². The van der Waals surface area contributed by atoms with Gasteiger partial charge in [0.25, 0.3) is 0 Å². The SMILES string of the molecule is CC(C)CC(NCCSc1ccccc1)c1ccccc1. The average Bonchev–Trinajstić information content (AvgIpc) is 2.52. The van der Waals surface area contributed by atoms with Crippen LogP contribution in [0.3, 0.4) is 0 Å². The second kappa shape index (κ2) is 8.91. The maximum Gasteiger partial charge on any atom is 0.0323 e. The van der Waals surface area contributed by atoms with Crippen LogP contribution in [-0.4, -0.2) is 12.3 Å². The fraction of sp³-hybridized carbons (Fsp3) is 0.368. The molecule has 0 heterocycles. The third-order valence-corrected chi connectivity index (χ3v) is 4.43. The largest absolute Gasteiger partial charge is 0.309 e. The van der Waals surface area contributed by atoms with Gasteiger partial charge in [-0.15, -0.1) is 11.8 Å². The summed E-state index contributed by atoms with van der Waals surface area (Å²) in [4.78, 5) is 1.35. The van der Waals surface area contributed by atoms with Gasteiger partial charge in [0.05, 0.1) is 0 Å². The summed E-state index contributed by atoms with van der Waals surface area (Å²) in [5.74, 6) is 1.80. The van der Waals surface area contributed by atoms with Crippen LogP contribution in [-0.2, 0) is 0 Å². The monoisotopic (exact) mass is 299 g/mol. The molecule has 0 aliphatic rings. The third kappa shape index (κ3) is 5.94. The molecule has 0 aliphatic heterocycles. The highest BCUT2D eigenvalue weighted by Crippen LogP contribution is 2.22. The van der Waals surface area contributed by atoms with Crippen LogP contribution in [0.5, 0.6) is 0 Å². The lowest BCUT2D eigenvalue weighted by molar-refractivity contribution is 0.439. The van der Waals surface area contributed by atoms with E-state index in [4.69, 9.17) is 0 Å². The second-order valence-electron chi connectivity index (χ2n) is 5.71. The maximum atomic E-state index is 3.72. The van der Waals surface area contributed by atoms with Crippen LogP contribution in [0.25, 0.3) is 0 Å². The predicted molar refractivity (Wildman–Crippen MR) is 93.8 cm³/mol. The first-order chi connectivity index (χ1) is 10.3. The molecular weight excluding hydrogens is 274 g/mol. The van der Waals surface area contributed by atoms with Crippen molar-refractivity contribution in [1.29, 1.82) is 0 Å². The highest BCUT2D eigenvalue weighted by Gasteiger charge is 2.12. The van der Waals surface area contributed by atoms with E-state index >= 15 is 0 Å². The van der Waals surface area contributed by atoms with E-state index in [1.165, 1.54) is 16.9 Å². The minimum Gasteiger partial charge on any atom is -0.309 e. The molecule has 0 radical (unpaired) electrons. The predicted octanol–water partition coefficient (Wildman–Crippen LogP) is 5.16. The lowest BCUT2D eigenvalue weighted by Gasteiger charge is -2.21. The van der Waals surface area contributed by atoms with Crippen LogP contribution < -0.4 is 5.32 Å². The van der Waals surface area contributed by atoms with Crippen molar-refractivity contribution in [1.82, 2.24) is 5.32 Å². The van der Waals surface area contributed by atoms with Crippen molar-refractivity contribution in [3.63, 3.8) is 0 Å². The lowest BCUT2D eigenvalue weighted by atomic mass is 9.97. The van der Waals surface area contributed by atoms with Gasteiger partial charge in [-0.3, -0.25) is 0 Å². The first-order valence-corrected chi connectivity index (χ1v) is 8.70. The molecule has 0 amide bonds. The summed E-state index contributed by atoms with van der Waals surface area (Å²) in [7, 11) is 0. The van der Waals surface area contributed by atoms with E-state index in [2.05, 4.69) is 79.8 Å². The molecule has 1 nitrogen and oxygen atoms in total. The molecule has 0 bridgehead atoms. The summed E-state index contributed by atoms with van der Waals surface area (Å²) in [6.45, 7) is 5.61. The quantitative estimate of drug-likeness (QED) is 0.534. The molecule has 21 heavy (non-hydrogen) atoms. The second-order valence-corrected chi connectivity index (χ2v) is 6.88. The van der Waals surface area contributed by atoms with Crippen molar-refractivity contribution >= 4 is 11.8 Å². The Labute approximate surface area is 133 Å². The van der Waals surface area contributed by atoms with E-state index in [0.717, 1.165) is 12.3 Å². The van der Waals surface area contributed by atoms with Crippen LogP contribution in [0.15, 0.2) is 65.6 Å². The molecule has 0 saturated heterocycles. The van der Waals surface area contributed by atoms with E-state index < -0.39 is 0 Å². The summed E-state index contributed by atoms with van der Waals surface area (Å²) >= 11 is 1.91. The van der Waals surface area contributed by atoms with Gasteiger partial charge in [0.15, 0.2) is 0 Å². The Bertz CT molecular complexity index is 495. The smallest absolute Gasteiger partial charge is 0.0323 e. The molecule has 1 atom stereocenters. The first kappa shape index (κ1) is 16.1. The summed E-state index contributed by atoms with van der Waals surface area (Å²) < 4.78 is 0. The van der Waals surface area contributed by atoms with Crippen molar-refractivity contribution in [2.75, 3.05) is 12.3 Å². The van der Waals surface area contributed by atoms with E-state index in [-0.39, 0.29) is 0 Å². The van der Waals surface area contributed by atoms with Gasteiger partial charge in [0, 0.05) is 23.2 Å². The molecule has 0 aromatic heterocycles. The minimum absolute atomic E-state index is 0.461. The van der Waals surface area contributed by atoms with Gasteiger partial charge in [-0.1, -0.05) is 62.4 Å². The van der Waals surface area contributed by atoms with Crippen molar-refractivity contribution in [2.45, 2.75) is 31.2 Å². The Hall–Kier alpha value is -1.25. The molecule has 2 aromatic rings. The number of thioether (sulfide) groups is 1. The normalized spacial score (nSPS) is 12.5. The molecule has 0 fully saturated rings. The third-order valence-electron chi connectivity index (χ3n) is 3.41. The fourth-order valence-corrected chi connectivity index (χ4v) is 3.22. The van der Waals surface area contributed by atoms with Gasteiger partial charge in [-0.2, -0.15) is 0 Å². The van der Waals surface area contributed by atoms with Crippen molar-refractivity contribution in [2.24, 2.45) is 5.92 Å². The zero-order chi connectivity index (χ0) is 14.9. The van der Waals surface area contributed by atoms with Gasteiger partial charge in [0.2, 0.25) is 0 Å². The molecule has 2 heteroatoms. The van der Waals surface area contributed by atoms with E-state index in [1.807, 2.05) is 11.8 Å². The van der Waals surface area contributed by atoms with Crippen LogP contribution in [0, 0.1) is 5.92 Å². The summed E-state index contributed by atoms with van der Waals surface area (Å²) in [6.07, 6.45) is 1.18. The Balaban J connectivity index is 1.82. The average molecular weight is 299 g/mol. The molecule has 1 unspecified atom stereocenters. The number of hydrogen-bond acceptors (Lipinski definition) is 2. The Morgan fingerprint density at radius 2 is 1.52 bits per heavy atom. The van der Waals surface area contributed by atoms with Crippen molar-refractivity contribution < 1.29 is 0 Å². The molecule has 0 aliphatic carbocycles. The molecule has 0 spiro atoms. The van der Waals surface area contributed by atoms with Crippen molar-refractivity contribution in [3.8, 4) is 0 Å². The van der Waals surface area contributed by atoms with E-state index in [9.17, 15) is 0 Å². The minimum atomic E-state index is 0.461. The van der Waals surface area contributed by atoms with Gasteiger partial charge in [-0.25, -0.2) is 0 Å². The molecule has 112 valence electrons. The standard InChI is InChI=1S/C19H25NS/c1-16(2)15-19(17-9-5-3-6-10-17)20-13-14-21-18-11-7-4-8-12-18/h3-12,16,19-20H,13-15H2,1-2H3. The lowest BCUT2D eigenvalue weighted by Crippen LogP contribution is -2.25. The number of hydrogen-bond donors (Lipinski definition) is 1. The van der Waals surface area contributed by atoms with Crippen LogP contribution in [0.1, 0.15) is 31.9 Å². The van der Waals surface area contributed by atoms with Crippen LogP contribution in [0.4, 0.5) is 0 Å². The molecule has 0 saturated carbocycles. The number of nitrogens with one attached hydrogen (secondary N) is 1. The Morgan fingerprint density at radius 3 is 2.14 bits per heavy atom. The number of benzene rings is 2. The summed E-state index contributed by atoms with van der Waals surface area (Å²) in [5.41, 5.74) is 1.40. The molecule has 2 aromatic carbocycles. The van der Waals surface area contributed by atoms with Gasteiger partial charge in [-0.05, 0) is 30.0 Å². The number of rotatable bonds is 8. The topological polar surface area (TPSA) is 12.0 Å². The fourth-order valence-electron chi connectivity index (χ4n) is 2.41. The van der Waals surface area contributed by atoms with Gasteiger partial charge >= 0.3 is 0 Å². The highest BCUT2D eigenvalue weighted by molar-refractivity contribution is 7.99. The first-order valence-electron chi connectivity index (χ1n) is 7.72. The Morgan fingerprint density at radius 1 is 0.905 bits per heavy atom. The Kier molecular flexibility index (Phi) is 6.84. The zero-order valence-corrected chi connectivity index (χ0v) is 13.8. The van der Waals surface area contributed by atoms with Gasteiger partial charge in [0.1, 0.15) is 0 Å². The maximum absolute atomic E-state index is 3.72. The van der Waals surface area contributed by atoms with Crippen LogP contribution in [0.2, 0.25) is 0 Å². The van der Waals surface area contributed by atoms with E-state index in [1.54, 1.807) is 0 Å². The summed E-state index contributed by atoms with van der Waals surface area (Å²) in [6, 6.07) is 21.9. The summed E-state index contributed by atoms with van der Waals surface area (Å²) in [5, 5.41) is 3.72. The van der Waals surface area contributed by atoms with Gasteiger partial charge < -0.3 is 5.32 Å². The molecule has 1 N–H and O–H groups in total. The van der Waals surface area contributed by atoms with E-state index in [0.29, 0.717) is 12.0 Å².